The van der Waals surface area contributed by atoms with Gasteiger partial charge in [-0.25, -0.2) is 0 Å². The zero-order chi connectivity index (χ0) is 15.1. The molecule has 5 nitrogen and oxygen atoms in total. The third-order valence-electron chi connectivity index (χ3n) is 3.64. The molecule has 21 heavy (non-hydrogen) atoms. The van der Waals surface area contributed by atoms with E-state index in [0.717, 1.165) is 31.2 Å². The molecule has 1 aromatic carbocycles. The molecule has 1 aliphatic rings. The van der Waals surface area contributed by atoms with E-state index in [2.05, 4.69) is 0 Å². The lowest BCUT2D eigenvalue weighted by Gasteiger charge is -2.22. The van der Waals surface area contributed by atoms with Crippen LogP contribution < -0.4 is 0 Å². The highest BCUT2D eigenvalue weighted by Crippen LogP contribution is 2.20. The van der Waals surface area contributed by atoms with Gasteiger partial charge in [-0.1, -0.05) is 43.2 Å². The van der Waals surface area contributed by atoms with Gasteiger partial charge < -0.3 is 14.7 Å². The van der Waals surface area contributed by atoms with Crippen LogP contribution in [0.4, 0.5) is 0 Å². The monoisotopic (exact) mass is 291 g/mol. The first-order valence-corrected chi connectivity index (χ1v) is 7.30. The van der Waals surface area contributed by atoms with E-state index in [1.807, 2.05) is 30.3 Å². The number of carboxylic acid groups (broad SMARTS) is 1. The SMILES string of the molecule is O=C(O)CN(Cc1ccccc1)C(=O)COC1CCCC1. The second-order valence-corrected chi connectivity index (χ2v) is 5.35. The van der Waals surface area contributed by atoms with Gasteiger partial charge in [0.05, 0.1) is 6.10 Å². The normalized spacial score (nSPS) is 15.0. The third kappa shape index (κ3) is 5.19. The molecule has 1 fully saturated rings. The molecule has 1 amide bonds. The van der Waals surface area contributed by atoms with Gasteiger partial charge in [0.15, 0.2) is 0 Å². The predicted octanol–water partition coefficient (Wildman–Crippen LogP) is 2.06. The number of rotatable bonds is 7. The first-order chi connectivity index (χ1) is 10.1. The van der Waals surface area contributed by atoms with Crippen molar-refractivity contribution in [2.45, 2.75) is 38.3 Å². The summed E-state index contributed by atoms with van der Waals surface area (Å²) in [5.74, 6) is -1.28. The molecule has 0 spiro atoms. The van der Waals surface area contributed by atoms with Crippen LogP contribution in [0.2, 0.25) is 0 Å². The molecule has 5 heteroatoms. The van der Waals surface area contributed by atoms with E-state index in [4.69, 9.17) is 9.84 Å². The number of carboxylic acids is 1. The number of hydrogen-bond donors (Lipinski definition) is 1. The third-order valence-corrected chi connectivity index (χ3v) is 3.64. The van der Waals surface area contributed by atoms with E-state index >= 15 is 0 Å². The predicted molar refractivity (Wildman–Crippen MR) is 77.7 cm³/mol. The smallest absolute Gasteiger partial charge is 0.323 e. The molecule has 0 atom stereocenters. The minimum Gasteiger partial charge on any atom is -0.480 e. The van der Waals surface area contributed by atoms with Gasteiger partial charge in [-0.2, -0.15) is 0 Å². The highest BCUT2D eigenvalue weighted by molar-refractivity contribution is 5.82. The van der Waals surface area contributed by atoms with Crippen LogP contribution in [0.3, 0.4) is 0 Å². The molecule has 0 heterocycles. The Hall–Kier alpha value is -1.88. The molecule has 2 rings (SSSR count). The number of carbonyl (C=O) groups is 2. The van der Waals surface area contributed by atoms with Gasteiger partial charge in [0, 0.05) is 6.54 Å². The minimum atomic E-state index is -1.01. The van der Waals surface area contributed by atoms with Gasteiger partial charge in [0.25, 0.3) is 0 Å². The van der Waals surface area contributed by atoms with Crippen molar-refractivity contribution in [2.75, 3.05) is 13.2 Å². The van der Waals surface area contributed by atoms with Gasteiger partial charge in [-0.15, -0.1) is 0 Å². The van der Waals surface area contributed by atoms with E-state index < -0.39 is 5.97 Å². The van der Waals surface area contributed by atoms with Crippen LogP contribution in [-0.4, -0.2) is 41.1 Å². The van der Waals surface area contributed by atoms with Crippen LogP contribution in [0.1, 0.15) is 31.2 Å². The molecule has 1 aromatic rings. The van der Waals surface area contributed by atoms with Crippen LogP contribution in [0.15, 0.2) is 30.3 Å². The van der Waals surface area contributed by atoms with Crippen molar-refractivity contribution in [3.63, 3.8) is 0 Å². The van der Waals surface area contributed by atoms with Crippen molar-refractivity contribution in [1.82, 2.24) is 4.90 Å². The summed E-state index contributed by atoms with van der Waals surface area (Å²) in [6.07, 6.45) is 4.41. The molecule has 0 saturated heterocycles. The Morgan fingerprint density at radius 3 is 2.48 bits per heavy atom. The van der Waals surface area contributed by atoms with Gasteiger partial charge in [-0.05, 0) is 18.4 Å². The maximum Gasteiger partial charge on any atom is 0.323 e. The molecule has 0 aromatic heterocycles. The average Bonchev–Trinajstić information content (AvgIpc) is 2.98. The summed E-state index contributed by atoms with van der Waals surface area (Å²) in [5.41, 5.74) is 0.910. The van der Waals surface area contributed by atoms with E-state index in [9.17, 15) is 9.59 Å². The van der Waals surface area contributed by atoms with Crippen molar-refractivity contribution in [2.24, 2.45) is 0 Å². The number of ether oxygens (including phenoxy) is 1. The van der Waals surface area contributed by atoms with Gasteiger partial charge >= 0.3 is 5.97 Å². The summed E-state index contributed by atoms with van der Waals surface area (Å²) in [7, 11) is 0. The number of nitrogens with zero attached hydrogens (tertiary/aromatic N) is 1. The lowest BCUT2D eigenvalue weighted by Crippen LogP contribution is -2.38. The summed E-state index contributed by atoms with van der Waals surface area (Å²) < 4.78 is 5.58. The Labute approximate surface area is 124 Å². The van der Waals surface area contributed by atoms with E-state index in [1.165, 1.54) is 4.90 Å². The molecule has 1 saturated carbocycles. The Morgan fingerprint density at radius 1 is 1.19 bits per heavy atom. The molecule has 1 N–H and O–H groups in total. The lowest BCUT2D eigenvalue weighted by molar-refractivity contribution is -0.148. The zero-order valence-corrected chi connectivity index (χ0v) is 12.0. The molecule has 114 valence electrons. The first kappa shape index (κ1) is 15.5. The number of benzene rings is 1. The summed E-state index contributed by atoms with van der Waals surface area (Å²) in [4.78, 5) is 24.4. The number of carbonyl (C=O) groups excluding carboxylic acids is 1. The van der Waals surface area contributed by atoms with Crippen LogP contribution in [0.25, 0.3) is 0 Å². The standard InChI is InChI=1S/C16H21NO4/c18-15(12-21-14-8-4-5-9-14)17(11-16(19)20)10-13-6-2-1-3-7-13/h1-3,6-7,14H,4-5,8-12H2,(H,19,20). The number of aliphatic carboxylic acids is 1. The van der Waals surface area contributed by atoms with E-state index in [-0.39, 0.29) is 25.2 Å². The summed E-state index contributed by atoms with van der Waals surface area (Å²) in [6.45, 7) is -0.0491. The van der Waals surface area contributed by atoms with Gasteiger partial charge in [-0.3, -0.25) is 9.59 Å². The van der Waals surface area contributed by atoms with Crippen molar-refractivity contribution in [3.05, 3.63) is 35.9 Å². The molecule has 0 bridgehead atoms. The Bertz CT molecular complexity index is 468. The average molecular weight is 291 g/mol. The van der Waals surface area contributed by atoms with Crippen molar-refractivity contribution in [1.29, 1.82) is 0 Å². The topological polar surface area (TPSA) is 66.8 Å². The highest BCUT2D eigenvalue weighted by Gasteiger charge is 2.21. The zero-order valence-electron chi connectivity index (χ0n) is 12.0. The fourth-order valence-electron chi connectivity index (χ4n) is 2.53. The molecule has 0 radical (unpaired) electrons. The van der Waals surface area contributed by atoms with Crippen LogP contribution >= 0.6 is 0 Å². The second kappa shape index (κ2) is 7.78. The summed E-state index contributed by atoms with van der Waals surface area (Å²) in [6, 6.07) is 9.37. The molecule has 1 aliphatic carbocycles. The second-order valence-electron chi connectivity index (χ2n) is 5.35. The fourth-order valence-corrected chi connectivity index (χ4v) is 2.53. The quantitative estimate of drug-likeness (QED) is 0.835. The Balaban J connectivity index is 1.90. The minimum absolute atomic E-state index is 0.0369. The fraction of sp³-hybridized carbons (Fsp3) is 0.500. The van der Waals surface area contributed by atoms with Crippen molar-refractivity contribution in [3.8, 4) is 0 Å². The number of amides is 1. The molecular weight excluding hydrogens is 270 g/mol. The van der Waals surface area contributed by atoms with Crippen molar-refractivity contribution < 1.29 is 19.4 Å². The molecule has 0 aliphatic heterocycles. The Kier molecular flexibility index (Phi) is 5.75. The van der Waals surface area contributed by atoms with Crippen LogP contribution in [-0.2, 0) is 20.9 Å². The van der Waals surface area contributed by atoms with Gasteiger partial charge in [0.2, 0.25) is 5.91 Å². The lowest BCUT2D eigenvalue weighted by atomic mass is 10.2. The molecule has 0 unspecified atom stereocenters. The number of hydrogen-bond acceptors (Lipinski definition) is 3. The highest BCUT2D eigenvalue weighted by atomic mass is 16.5. The Morgan fingerprint density at radius 2 is 1.86 bits per heavy atom. The largest absolute Gasteiger partial charge is 0.480 e. The van der Waals surface area contributed by atoms with E-state index in [0.29, 0.717) is 6.54 Å². The molecular formula is C16H21NO4. The summed E-state index contributed by atoms with van der Waals surface area (Å²) in [5, 5.41) is 8.96. The maximum atomic E-state index is 12.2. The van der Waals surface area contributed by atoms with Crippen LogP contribution in [0, 0.1) is 0 Å². The first-order valence-electron chi connectivity index (χ1n) is 7.30. The summed E-state index contributed by atoms with van der Waals surface area (Å²) >= 11 is 0. The van der Waals surface area contributed by atoms with Crippen LogP contribution in [0.5, 0.6) is 0 Å². The van der Waals surface area contributed by atoms with E-state index in [1.54, 1.807) is 0 Å². The van der Waals surface area contributed by atoms with Gasteiger partial charge in [0.1, 0.15) is 13.2 Å². The maximum absolute atomic E-state index is 12.2. The van der Waals surface area contributed by atoms with Crippen molar-refractivity contribution >= 4 is 11.9 Å².